The first-order valence-electron chi connectivity index (χ1n) is 5.49. The topological polar surface area (TPSA) is 32.7 Å². The Hall–Kier alpha value is -0.120. The standard InChI is InChI=1S/C11H25NO2/c1-5-11(3)12(6-7-14-4)8-10(2)9-13/h10-11,13H,5-9H2,1-4H3. The van der Waals surface area contributed by atoms with Crippen molar-refractivity contribution in [2.24, 2.45) is 5.92 Å². The van der Waals surface area contributed by atoms with Crippen LogP contribution in [-0.2, 0) is 4.74 Å². The van der Waals surface area contributed by atoms with E-state index in [1.54, 1.807) is 7.11 Å². The Kier molecular flexibility index (Phi) is 8.14. The van der Waals surface area contributed by atoms with Gasteiger partial charge in [-0.25, -0.2) is 0 Å². The average molecular weight is 203 g/mol. The van der Waals surface area contributed by atoms with Gasteiger partial charge in [0, 0.05) is 32.8 Å². The van der Waals surface area contributed by atoms with E-state index in [0.29, 0.717) is 12.0 Å². The van der Waals surface area contributed by atoms with Crippen LogP contribution in [0.15, 0.2) is 0 Å². The fraction of sp³-hybridized carbons (Fsp3) is 1.00. The van der Waals surface area contributed by atoms with E-state index in [2.05, 4.69) is 25.7 Å². The highest BCUT2D eigenvalue weighted by molar-refractivity contribution is 4.68. The molecule has 0 spiro atoms. The van der Waals surface area contributed by atoms with E-state index in [-0.39, 0.29) is 6.61 Å². The van der Waals surface area contributed by atoms with Gasteiger partial charge in [-0.2, -0.15) is 0 Å². The lowest BCUT2D eigenvalue weighted by Crippen LogP contribution is -2.39. The van der Waals surface area contributed by atoms with Crippen LogP contribution in [0, 0.1) is 5.92 Å². The van der Waals surface area contributed by atoms with Gasteiger partial charge in [-0.05, 0) is 19.3 Å². The van der Waals surface area contributed by atoms with Crippen LogP contribution in [0.4, 0.5) is 0 Å². The third kappa shape index (κ3) is 5.58. The summed E-state index contributed by atoms with van der Waals surface area (Å²) in [6, 6.07) is 0.569. The van der Waals surface area contributed by atoms with Crippen molar-refractivity contribution in [2.45, 2.75) is 33.2 Å². The quantitative estimate of drug-likeness (QED) is 0.646. The molecule has 0 aliphatic carbocycles. The molecule has 2 unspecified atom stereocenters. The summed E-state index contributed by atoms with van der Waals surface area (Å²) in [5.74, 6) is 0.348. The van der Waals surface area contributed by atoms with Crippen LogP contribution in [0.3, 0.4) is 0 Å². The Bertz CT molecular complexity index is 130. The highest BCUT2D eigenvalue weighted by Gasteiger charge is 2.14. The number of aliphatic hydroxyl groups is 1. The van der Waals surface area contributed by atoms with Gasteiger partial charge in [0.1, 0.15) is 0 Å². The number of methoxy groups -OCH3 is 1. The molecule has 86 valence electrons. The second-order valence-corrected chi connectivity index (χ2v) is 4.03. The van der Waals surface area contributed by atoms with Crippen LogP contribution in [-0.4, -0.2) is 49.5 Å². The molecule has 0 radical (unpaired) electrons. The van der Waals surface area contributed by atoms with Gasteiger partial charge >= 0.3 is 0 Å². The number of hydrogen-bond acceptors (Lipinski definition) is 3. The van der Waals surface area contributed by atoms with E-state index in [4.69, 9.17) is 9.84 Å². The Morgan fingerprint density at radius 3 is 2.43 bits per heavy atom. The SMILES string of the molecule is CCC(C)N(CCOC)CC(C)CO. The molecule has 0 aromatic carbocycles. The van der Waals surface area contributed by atoms with Crippen LogP contribution in [0.5, 0.6) is 0 Å². The normalized spacial score (nSPS) is 15.9. The van der Waals surface area contributed by atoms with Gasteiger partial charge in [0.05, 0.1) is 6.61 Å². The predicted octanol–water partition coefficient (Wildman–Crippen LogP) is 1.36. The number of nitrogens with zero attached hydrogens (tertiary/aromatic N) is 1. The molecule has 0 saturated carbocycles. The lowest BCUT2D eigenvalue weighted by atomic mass is 10.1. The molecule has 0 saturated heterocycles. The molecular weight excluding hydrogens is 178 g/mol. The molecule has 0 aliphatic heterocycles. The van der Waals surface area contributed by atoms with E-state index in [1.165, 1.54) is 0 Å². The summed E-state index contributed by atoms with van der Waals surface area (Å²) in [6.45, 7) is 9.42. The largest absolute Gasteiger partial charge is 0.396 e. The van der Waals surface area contributed by atoms with Crippen molar-refractivity contribution in [2.75, 3.05) is 33.4 Å². The fourth-order valence-electron chi connectivity index (χ4n) is 1.42. The van der Waals surface area contributed by atoms with Crippen LogP contribution >= 0.6 is 0 Å². The summed E-state index contributed by atoms with van der Waals surface area (Å²) >= 11 is 0. The third-order valence-electron chi connectivity index (χ3n) is 2.65. The van der Waals surface area contributed by atoms with Crippen molar-refractivity contribution in [3.63, 3.8) is 0 Å². The van der Waals surface area contributed by atoms with Crippen molar-refractivity contribution in [1.82, 2.24) is 4.90 Å². The van der Waals surface area contributed by atoms with Gasteiger partial charge in [-0.3, -0.25) is 4.90 Å². The molecule has 0 aromatic heterocycles. The number of hydrogen-bond donors (Lipinski definition) is 1. The second kappa shape index (κ2) is 8.21. The van der Waals surface area contributed by atoms with Gasteiger partial charge in [0.2, 0.25) is 0 Å². The Labute approximate surface area is 88.1 Å². The maximum absolute atomic E-state index is 9.01. The summed E-state index contributed by atoms with van der Waals surface area (Å²) in [6.07, 6.45) is 1.14. The van der Waals surface area contributed by atoms with Crippen molar-refractivity contribution >= 4 is 0 Å². The molecule has 0 amide bonds. The van der Waals surface area contributed by atoms with Crippen molar-refractivity contribution in [3.8, 4) is 0 Å². The minimum atomic E-state index is 0.264. The zero-order chi connectivity index (χ0) is 11.0. The highest BCUT2D eigenvalue weighted by atomic mass is 16.5. The van der Waals surface area contributed by atoms with Crippen molar-refractivity contribution in [1.29, 1.82) is 0 Å². The molecule has 0 rings (SSSR count). The monoisotopic (exact) mass is 203 g/mol. The van der Waals surface area contributed by atoms with Gasteiger partial charge < -0.3 is 9.84 Å². The molecule has 0 heterocycles. The minimum absolute atomic E-state index is 0.264. The maximum Gasteiger partial charge on any atom is 0.0589 e. The summed E-state index contributed by atoms with van der Waals surface area (Å²) in [5, 5.41) is 9.01. The molecule has 0 aromatic rings. The van der Waals surface area contributed by atoms with E-state index in [1.807, 2.05) is 0 Å². The minimum Gasteiger partial charge on any atom is -0.396 e. The highest BCUT2D eigenvalue weighted by Crippen LogP contribution is 2.07. The van der Waals surface area contributed by atoms with Crippen LogP contribution < -0.4 is 0 Å². The van der Waals surface area contributed by atoms with Crippen LogP contribution in [0.1, 0.15) is 27.2 Å². The van der Waals surface area contributed by atoms with Crippen molar-refractivity contribution < 1.29 is 9.84 Å². The van der Waals surface area contributed by atoms with Gasteiger partial charge in [0.25, 0.3) is 0 Å². The lowest BCUT2D eigenvalue weighted by molar-refractivity contribution is 0.0980. The zero-order valence-corrected chi connectivity index (χ0v) is 9.99. The average Bonchev–Trinajstić information content (AvgIpc) is 2.22. The molecule has 14 heavy (non-hydrogen) atoms. The van der Waals surface area contributed by atoms with Crippen LogP contribution in [0.25, 0.3) is 0 Å². The first-order chi connectivity index (χ1) is 6.65. The lowest BCUT2D eigenvalue weighted by Gasteiger charge is -2.30. The second-order valence-electron chi connectivity index (χ2n) is 4.03. The zero-order valence-electron chi connectivity index (χ0n) is 9.99. The molecule has 2 atom stereocenters. The first kappa shape index (κ1) is 13.9. The summed E-state index contributed by atoms with van der Waals surface area (Å²) in [7, 11) is 1.73. The van der Waals surface area contributed by atoms with Crippen LogP contribution in [0.2, 0.25) is 0 Å². The Morgan fingerprint density at radius 1 is 1.36 bits per heavy atom. The Balaban J connectivity index is 3.96. The summed E-state index contributed by atoms with van der Waals surface area (Å²) < 4.78 is 5.08. The van der Waals surface area contributed by atoms with Gasteiger partial charge in [0.15, 0.2) is 0 Å². The number of aliphatic hydroxyl groups excluding tert-OH is 1. The van der Waals surface area contributed by atoms with E-state index in [0.717, 1.165) is 26.1 Å². The molecule has 0 aliphatic rings. The number of ether oxygens (including phenoxy) is 1. The summed E-state index contributed by atoms with van der Waals surface area (Å²) in [4.78, 5) is 2.38. The van der Waals surface area contributed by atoms with E-state index < -0.39 is 0 Å². The molecule has 3 nitrogen and oxygen atoms in total. The van der Waals surface area contributed by atoms with Gasteiger partial charge in [-0.15, -0.1) is 0 Å². The molecule has 0 fully saturated rings. The molecule has 3 heteroatoms. The van der Waals surface area contributed by atoms with Gasteiger partial charge in [-0.1, -0.05) is 13.8 Å². The summed E-state index contributed by atoms with van der Waals surface area (Å²) in [5.41, 5.74) is 0. The smallest absolute Gasteiger partial charge is 0.0589 e. The first-order valence-corrected chi connectivity index (χ1v) is 5.49. The maximum atomic E-state index is 9.01. The number of rotatable bonds is 8. The molecular formula is C11H25NO2. The van der Waals surface area contributed by atoms with E-state index >= 15 is 0 Å². The van der Waals surface area contributed by atoms with Crippen molar-refractivity contribution in [3.05, 3.63) is 0 Å². The third-order valence-corrected chi connectivity index (χ3v) is 2.65. The van der Waals surface area contributed by atoms with E-state index in [9.17, 15) is 0 Å². The predicted molar refractivity (Wildman–Crippen MR) is 59.5 cm³/mol. The Morgan fingerprint density at radius 2 is 2.00 bits per heavy atom. The molecule has 0 bridgehead atoms. The fourth-order valence-corrected chi connectivity index (χ4v) is 1.42. The molecule has 1 N–H and O–H groups in total.